The number of aldehydes is 2. The first-order valence-electron chi connectivity index (χ1n) is 10.8. The molecule has 0 amide bonds. The molecule has 1 saturated heterocycles. The quantitative estimate of drug-likeness (QED) is 0.330. The summed E-state index contributed by atoms with van der Waals surface area (Å²) in [4.78, 5) is 29.0. The van der Waals surface area contributed by atoms with Gasteiger partial charge in [0.2, 0.25) is 0 Å². The third kappa shape index (κ3) is 9.91. The molecule has 3 rings (SSSR count). The van der Waals surface area contributed by atoms with Crippen LogP contribution in [0, 0.1) is 23.1 Å². The largest absolute Gasteiger partial charge is 0.420 e. The molecule has 2 atom stereocenters. The summed E-state index contributed by atoms with van der Waals surface area (Å²) < 4.78 is 52.1. The Morgan fingerprint density at radius 1 is 1.23 bits per heavy atom. The third-order valence-electron chi connectivity index (χ3n) is 5.08. The molecule has 192 valence electrons. The summed E-state index contributed by atoms with van der Waals surface area (Å²) in [5, 5.41) is 10.5. The lowest BCUT2D eigenvalue weighted by molar-refractivity contribution is -0.113. The van der Waals surface area contributed by atoms with Gasteiger partial charge in [0.05, 0.1) is 17.6 Å². The zero-order chi connectivity index (χ0) is 26.6. The van der Waals surface area contributed by atoms with Crippen LogP contribution in [0.4, 0.5) is 17.6 Å². The van der Waals surface area contributed by atoms with E-state index in [2.05, 4.69) is 34.2 Å². The number of imidazole rings is 1. The Bertz CT molecular complexity index is 987. The van der Waals surface area contributed by atoms with Gasteiger partial charge in [-0.3, -0.25) is 4.79 Å². The molecule has 0 bridgehead atoms. The van der Waals surface area contributed by atoms with E-state index in [9.17, 15) is 27.2 Å². The molecule has 1 aromatic heterocycles. The molecular weight excluding hydrogens is 466 g/mol. The van der Waals surface area contributed by atoms with E-state index in [0.29, 0.717) is 24.2 Å². The van der Waals surface area contributed by atoms with Gasteiger partial charge in [0.1, 0.15) is 23.5 Å². The van der Waals surface area contributed by atoms with Crippen molar-refractivity contribution < 1.29 is 27.2 Å². The number of aromatic nitrogens is 2. The van der Waals surface area contributed by atoms with Crippen molar-refractivity contribution in [3.8, 4) is 0 Å². The predicted molar refractivity (Wildman–Crippen MR) is 127 cm³/mol. The van der Waals surface area contributed by atoms with Crippen LogP contribution < -0.4 is 5.32 Å². The number of rotatable bonds is 5. The van der Waals surface area contributed by atoms with Crippen LogP contribution in [0.2, 0.25) is 0 Å². The number of allylic oxidation sites excluding steroid dienone is 2. The van der Waals surface area contributed by atoms with E-state index in [0.717, 1.165) is 44.1 Å². The van der Waals surface area contributed by atoms with E-state index in [-0.39, 0.29) is 11.3 Å². The van der Waals surface area contributed by atoms with E-state index >= 15 is 0 Å². The van der Waals surface area contributed by atoms with Crippen LogP contribution in [0.1, 0.15) is 35.2 Å². The average Bonchev–Trinajstić information content (AvgIpc) is 3.27. The van der Waals surface area contributed by atoms with Gasteiger partial charge in [0.15, 0.2) is 6.29 Å². The van der Waals surface area contributed by atoms with Crippen molar-refractivity contribution in [2.75, 3.05) is 34.2 Å². The Morgan fingerprint density at radius 2 is 1.83 bits per heavy atom. The molecule has 0 radical (unpaired) electrons. The van der Waals surface area contributed by atoms with E-state index in [1.165, 1.54) is 12.1 Å². The highest BCUT2D eigenvalue weighted by atomic mass is 19.4. The molecule has 1 aromatic carbocycles. The number of likely N-dealkylation sites (tertiary alicyclic amines) is 1. The molecule has 3 N–H and O–H groups in total. The molecule has 2 unspecified atom stereocenters. The minimum absolute atomic E-state index is 0.113. The van der Waals surface area contributed by atoms with E-state index in [1.54, 1.807) is 0 Å². The summed E-state index contributed by atoms with van der Waals surface area (Å²) >= 11 is 0. The van der Waals surface area contributed by atoms with Gasteiger partial charge in [0, 0.05) is 12.5 Å². The number of carbonyl (C=O) groups is 2. The van der Waals surface area contributed by atoms with Gasteiger partial charge < -0.3 is 25.4 Å². The van der Waals surface area contributed by atoms with Crippen molar-refractivity contribution in [3.05, 3.63) is 59.4 Å². The van der Waals surface area contributed by atoms with Crippen molar-refractivity contribution >= 4 is 23.9 Å². The molecule has 0 aliphatic carbocycles. The highest BCUT2D eigenvalue weighted by molar-refractivity contribution is 6.10. The molecule has 11 heteroatoms. The number of nitrogens with zero attached hydrogens (tertiary/aromatic N) is 2. The topological polar surface area (TPSA) is 102 Å². The van der Waals surface area contributed by atoms with Gasteiger partial charge in [-0.25, -0.2) is 9.37 Å². The summed E-state index contributed by atoms with van der Waals surface area (Å²) in [6.45, 7) is 4.30. The number of carbonyl (C=O) groups excluding carboxylic acids is 2. The monoisotopic (exact) mass is 497 g/mol. The Hall–Kier alpha value is -3.18. The molecule has 35 heavy (non-hydrogen) atoms. The second kappa shape index (κ2) is 14.3. The fourth-order valence-electron chi connectivity index (χ4n) is 3.25. The van der Waals surface area contributed by atoms with Crippen molar-refractivity contribution in [1.82, 2.24) is 20.2 Å². The molecule has 2 heterocycles. The number of alkyl halides is 3. The summed E-state index contributed by atoms with van der Waals surface area (Å²) in [5.41, 5.74) is -1.66. The number of aromatic amines is 1. The fourth-order valence-corrected chi connectivity index (χ4v) is 3.25. The minimum atomic E-state index is -4.77. The van der Waals surface area contributed by atoms with Gasteiger partial charge in [-0.15, -0.1) is 0 Å². The zero-order valence-electron chi connectivity index (χ0n) is 20.1. The van der Waals surface area contributed by atoms with Gasteiger partial charge in [-0.2, -0.15) is 13.2 Å². The molecule has 1 fully saturated rings. The predicted octanol–water partition coefficient (Wildman–Crippen LogP) is 3.98. The number of hydrogen-bond donors (Lipinski definition) is 3. The average molecular weight is 498 g/mol. The Kier molecular flexibility index (Phi) is 12.2. The van der Waals surface area contributed by atoms with Gasteiger partial charge in [-0.05, 0) is 75.9 Å². The smallest absolute Gasteiger partial charge is 0.336 e. The first-order chi connectivity index (χ1) is 16.5. The van der Waals surface area contributed by atoms with Crippen molar-refractivity contribution in [2.24, 2.45) is 11.8 Å². The number of piperidine rings is 1. The summed E-state index contributed by atoms with van der Waals surface area (Å²) in [6, 6.07) is 4.48. The molecule has 2 aromatic rings. The fraction of sp³-hybridized carbons (Fsp3) is 0.417. The molecular formula is C24H31F4N5O2. The maximum Gasteiger partial charge on any atom is 0.420 e. The number of benzene rings is 1. The van der Waals surface area contributed by atoms with E-state index in [1.807, 2.05) is 14.1 Å². The Labute approximate surface area is 202 Å². The second-order valence-corrected chi connectivity index (χ2v) is 8.11. The minimum Gasteiger partial charge on any atom is -0.336 e. The lowest BCUT2D eigenvalue weighted by Gasteiger charge is -2.31. The molecule has 0 spiro atoms. The summed E-state index contributed by atoms with van der Waals surface area (Å²) in [5.74, 6) is -0.257. The lowest BCUT2D eigenvalue weighted by Crippen LogP contribution is -2.37. The Balaban J connectivity index is 0.000000391. The normalized spacial score (nSPS) is 18.5. The highest BCUT2D eigenvalue weighted by Crippen LogP contribution is 2.32. The zero-order valence-corrected chi connectivity index (χ0v) is 20.1. The van der Waals surface area contributed by atoms with Gasteiger partial charge in [0.25, 0.3) is 0 Å². The van der Waals surface area contributed by atoms with Crippen LogP contribution in [0.3, 0.4) is 0 Å². The van der Waals surface area contributed by atoms with Crippen molar-refractivity contribution in [2.45, 2.75) is 19.5 Å². The molecule has 1 aliphatic heterocycles. The third-order valence-corrected chi connectivity index (χ3v) is 5.08. The van der Waals surface area contributed by atoms with E-state index < -0.39 is 29.1 Å². The maximum absolute atomic E-state index is 13.1. The van der Waals surface area contributed by atoms with Crippen LogP contribution in [0.5, 0.6) is 0 Å². The van der Waals surface area contributed by atoms with Gasteiger partial charge in [-0.1, -0.05) is 6.92 Å². The summed E-state index contributed by atoms with van der Waals surface area (Å²) in [6.07, 6.45) is -0.761. The molecule has 1 aliphatic rings. The maximum atomic E-state index is 13.1. The lowest BCUT2D eigenvalue weighted by atomic mass is 9.88. The van der Waals surface area contributed by atoms with Crippen LogP contribution in [0.15, 0.2) is 36.5 Å². The van der Waals surface area contributed by atoms with Crippen LogP contribution >= 0.6 is 0 Å². The van der Waals surface area contributed by atoms with Crippen LogP contribution in [0.25, 0.3) is 5.57 Å². The number of hydrogen-bond acceptors (Lipinski definition) is 6. The van der Waals surface area contributed by atoms with Crippen molar-refractivity contribution in [3.63, 3.8) is 0 Å². The SMILES string of the molecule is CC1CN(C)CCC1C=O.CNC.N=C(/C=C(\c1ncc(C=O)[nH]1)C(F)(F)F)c1ccc(F)cc1. The summed E-state index contributed by atoms with van der Waals surface area (Å²) in [7, 11) is 5.86. The highest BCUT2D eigenvalue weighted by Gasteiger charge is 2.37. The van der Waals surface area contributed by atoms with Gasteiger partial charge >= 0.3 is 6.18 Å². The standard InChI is InChI=1S/C14H9F4N3O.C8H15NO.C2H7N/c15-9-3-1-8(2-4-9)12(19)5-11(14(16,17)18)13-20-6-10(7-22)21-13;1-7-5-9(2)4-3-8(7)6-10;1-3-2/h1-7,19H,(H,20,21);6-8H,3-5H2,1-2H3;3H,1-2H3/b11-5+,19-12?;;. The second-order valence-electron chi connectivity index (χ2n) is 8.11. The molecule has 7 nitrogen and oxygen atoms in total. The van der Waals surface area contributed by atoms with Crippen LogP contribution in [-0.2, 0) is 4.79 Å². The number of halogens is 4. The first kappa shape index (κ1) is 29.9. The number of nitrogens with one attached hydrogen (secondary N) is 3. The van der Waals surface area contributed by atoms with Crippen LogP contribution in [-0.4, -0.2) is 73.6 Å². The first-order valence-corrected chi connectivity index (χ1v) is 10.8. The molecule has 0 saturated carbocycles. The number of H-pyrrole nitrogens is 1. The van der Waals surface area contributed by atoms with Crippen molar-refractivity contribution in [1.29, 1.82) is 5.41 Å². The van der Waals surface area contributed by atoms with E-state index in [4.69, 9.17) is 5.41 Å². The Morgan fingerprint density at radius 3 is 2.29 bits per heavy atom.